The zero-order chi connectivity index (χ0) is 7.84. The number of halogens is 2. The minimum absolute atomic E-state index is 0.130. The van der Waals surface area contributed by atoms with Gasteiger partial charge in [-0.25, -0.2) is 8.78 Å². The van der Waals surface area contributed by atoms with Gasteiger partial charge in [0.1, 0.15) is 5.58 Å². The third-order valence-corrected chi connectivity index (χ3v) is 1.44. The van der Waals surface area contributed by atoms with Crippen molar-refractivity contribution in [3.63, 3.8) is 0 Å². The Labute approximate surface area is 61.2 Å². The molecule has 0 N–H and O–H groups in total. The van der Waals surface area contributed by atoms with E-state index in [1.54, 1.807) is 0 Å². The van der Waals surface area contributed by atoms with E-state index in [1.165, 1.54) is 12.3 Å². The number of rotatable bonds is 0. The fourth-order valence-corrected chi connectivity index (χ4v) is 0.915. The van der Waals surface area contributed by atoms with Crippen molar-refractivity contribution in [3.8, 4) is 0 Å². The van der Waals surface area contributed by atoms with Crippen LogP contribution in [0.4, 0.5) is 8.78 Å². The molecule has 0 bridgehead atoms. The topological polar surface area (TPSA) is 13.1 Å². The first-order valence-electron chi connectivity index (χ1n) is 3.02. The van der Waals surface area contributed by atoms with Crippen molar-refractivity contribution in [1.82, 2.24) is 0 Å². The molecule has 0 saturated heterocycles. The van der Waals surface area contributed by atoms with Gasteiger partial charge in [-0.05, 0) is 12.1 Å². The Hall–Kier alpha value is -1.38. The molecule has 1 aromatic carbocycles. The lowest BCUT2D eigenvalue weighted by Crippen LogP contribution is -1.81. The van der Waals surface area contributed by atoms with Crippen LogP contribution in [0.2, 0.25) is 0 Å². The fraction of sp³-hybridized carbons (Fsp3) is 0. The third-order valence-electron chi connectivity index (χ3n) is 1.44. The maximum atomic E-state index is 12.8. The SMILES string of the molecule is Fc1c[c]c2occc2c1F. The average Bonchev–Trinajstić information content (AvgIpc) is 2.45. The van der Waals surface area contributed by atoms with Gasteiger partial charge in [0.15, 0.2) is 11.6 Å². The summed E-state index contributed by atoms with van der Waals surface area (Å²) in [4.78, 5) is 0. The molecule has 3 heteroatoms. The Bertz CT molecular complexity index is 392. The predicted octanol–water partition coefficient (Wildman–Crippen LogP) is 2.51. The Morgan fingerprint density at radius 3 is 3.00 bits per heavy atom. The van der Waals surface area contributed by atoms with Crippen molar-refractivity contribution >= 4 is 11.0 Å². The number of hydrogen-bond acceptors (Lipinski definition) is 1. The standard InChI is InChI=1S/C8H3F2O/c9-6-1-2-7-5(8(6)10)3-4-11-7/h1,3-4H. The van der Waals surface area contributed by atoms with Gasteiger partial charge in [-0.3, -0.25) is 0 Å². The van der Waals surface area contributed by atoms with Gasteiger partial charge in [-0.1, -0.05) is 0 Å². The zero-order valence-corrected chi connectivity index (χ0v) is 5.40. The highest BCUT2D eigenvalue weighted by molar-refractivity contribution is 5.77. The van der Waals surface area contributed by atoms with E-state index in [0.29, 0.717) is 0 Å². The Morgan fingerprint density at radius 2 is 2.18 bits per heavy atom. The molecular weight excluding hydrogens is 150 g/mol. The molecule has 2 rings (SSSR count). The second kappa shape index (κ2) is 2.05. The van der Waals surface area contributed by atoms with Crippen molar-refractivity contribution in [2.75, 3.05) is 0 Å². The molecular formula is C8H3F2O. The second-order valence-electron chi connectivity index (χ2n) is 2.11. The lowest BCUT2D eigenvalue weighted by molar-refractivity contribution is 0.515. The maximum absolute atomic E-state index is 12.8. The van der Waals surface area contributed by atoms with E-state index < -0.39 is 11.6 Å². The lowest BCUT2D eigenvalue weighted by atomic mass is 10.2. The smallest absolute Gasteiger partial charge is 0.169 e. The molecule has 0 unspecified atom stereocenters. The summed E-state index contributed by atoms with van der Waals surface area (Å²) in [6.07, 6.45) is 1.30. The highest BCUT2D eigenvalue weighted by Crippen LogP contribution is 2.19. The second-order valence-corrected chi connectivity index (χ2v) is 2.11. The first-order chi connectivity index (χ1) is 5.29. The monoisotopic (exact) mass is 153 g/mol. The van der Waals surface area contributed by atoms with Crippen molar-refractivity contribution in [2.45, 2.75) is 0 Å². The molecule has 0 atom stereocenters. The molecule has 1 radical (unpaired) electrons. The van der Waals surface area contributed by atoms with Crippen LogP contribution in [0.5, 0.6) is 0 Å². The minimum atomic E-state index is -0.904. The number of furan rings is 1. The van der Waals surface area contributed by atoms with Crippen molar-refractivity contribution in [2.24, 2.45) is 0 Å². The number of hydrogen-bond donors (Lipinski definition) is 0. The van der Waals surface area contributed by atoms with Crippen LogP contribution in [-0.4, -0.2) is 0 Å². The van der Waals surface area contributed by atoms with Crippen LogP contribution in [-0.2, 0) is 0 Å². The van der Waals surface area contributed by atoms with Gasteiger partial charge in [-0.2, -0.15) is 0 Å². The van der Waals surface area contributed by atoms with Crippen LogP contribution in [0.1, 0.15) is 0 Å². The highest BCUT2D eigenvalue weighted by atomic mass is 19.2. The van der Waals surface area contributed by atoms with Crippen LogP contribution < -0.4 is 0 Å². The summed E-state index contributed by atoms with van der Waals surface area (Å²) in [6, 6.07) is 4.74. The van der Waals surface area contributed by atoms with E-state index in [4.69, 9.17) is 4.42 Å². The van der Waals surface area contributed by atoms with Gasteiger partial charge in [0, 0.05) is 6.07 Å². The largest absolute Gasteiger partial charge is 0.464 e. The molecule has 0 fully saturated rings. The van der Waals surface area contributed by atoms with E-state index >= 15 is 0 Å². The molecule has 1 nitrogen and oxygen atoms in total. The van der Waals surface area contributed by atoms with Gasteiger partial charge in [0.25, 0.3) is 0 Å². The molecule has 11 heavy (non-hydrogen) atoms. The van der Waals surface area contributed by atoms with E-state index in [-0.39, 0.29) is 11.0 Å². The summed E-state index contributed by atoms with van der Waals surface area (Å²) in [5, 5.41) is 0.130. The average molecular weight is 153 g/mol. The summed E-state index contributed by atoms with van der Waals surface area (Å²) in [7, 11) is 0. The van der Waals surface area contributed by atoms with Crippen molar-refractivity contribution in [1.29, 1.82) is 0 Å². The van der Waals surface area contributed by atoms with Gasteiger partial charge >= 0.3 is 0 Å². The van der Waals surface area contributed by atoms with E-state index in [0.717, 1.165) is 6.07 Å². The Kier molecular flexibility index (Phi) is 1.18. The molecule has 55 valence electrons. The molecule has 0 saturated carbocycles. The highest BCUT2D eigenvalue weighted by Gasteiger charge is 2.07. The van der Waals surface area contributed by atoms with Gasteiger partial charge < -0.3 is 4.42 Å². The quantitative estimate of drug-likeness (QED) is 0.566. The fourth-order valence-electron chi connectivity index (χ4n) is 0.915. The Balaban J connectivity index is 2.93. The van der Waals surface area contributed by atoms with Crippen LogP contribution in [0.25, 0.3) is 11.0 Å². The molecule has 0 aliphatic carbocycles. The van der Waals surface area contributed by atoms with Crippen LogP contribution in [0.3, 0.4) is 0 Å². The van der Waals surface area contributed by atoms with Gasteiger partial charge in [-0.15, -0.1) is 0 Å². The summed E-state index contributed by atoms with van der Waals surface area (Å²) in [5.74, 6) is -1.79. The van der Waals surface area contributed by atoms with E-state index in [2.05, 4.69) is 6.07 Å². The normalized spacial score (nSPS) is 10.7. The van der Waals surface area contributed by atoms with Crippen LogP contribution >= 0.6 is 0 Å². The molecule has 1 aromatic heterocycles. The number of fused-ring (bicyclic) bond motifs is 1. The summed E-state index contributed by atoms with van der Waals surface area (Å²) >= 11 is 0. The molecule has 0 aliphatic heterocycles. The summed E-state index contributed by atoms with van der Waals surface area (Å²) in [6.45, 7) is 0. The lowest BCUT2D eigenvalue weighted by Gasteiger charge is -1.90. The minimum Gasteiger partial charge on any atom is -0.464 e. The molecule has 0 aliphatic rings. The van der Waals surface area contributed by atoms with Crippen LogP contribution in [0, 0.1) is 17.7 Å². The maximum Gasteiger partial charge on any atom is 0.169 e. The third kappa shape index (κ3) is 0.808. The number of benzene rings is 1. The van der Waals surface area contributed by atoms with Crippen molar-refractivity contribution < 1.29 is 13.2 Å². The molecule has 1 heterocycles. The van der Waals surface area contributed by atoms with Crippen LogP contribution in [0.15, 0.2) is 22.8 Å². The van der Waals surface area contributed by atoms with E-state index in [9.17, 15) is 8.78 Å². The predicted molar refractivity (Wildman–Crippen MR) is 35.0 cm³/mol. The first-order valence-corrected chi connectivity index (χ1v) is 3.02. The summed E-state index contributed by atoms with van der Waals surface area (Å²) < 4.78 is 30.0. The van der Waals surface area contributed by atoms with Gasteiger partial charge in [0.2, 0.25) is 0 Å². The zero-order valence-electron chi connectivity index (χ0n) is 5.40. The molecule has 0 amide bonds. The van der Waals surface area contributed by atoms with Crippen molar-refractivity contribution in [3.05, 3.63) is 36.1 Å². The first kappa shape index (κ1) is 6.34. The summed E-state index contributed by atoms with van der Waals surface area (Å²) in [5.41, 5.74) is 0.240. The molecule has 0 spiro atoms. The molecule has 2 aromatic rings. The Morgan fingerprint density at radius 1 is 1.36 bits per heavy atom. The van der Waals surface area contributed by atoms with Gasteiger partial charge in [0.05, 0.1) is 11.6 Å². The van der Waals surface area contributed by atoms with E-state index in [1.807, 2.05) is 0 Å².